The van der Waals surface area contributed by atoms with E-state index in [1.807, 2.05) is 13.8 Å². The molecule has 20 heavy (non-hydrogen) atoms. The second kappa shape index (κ2) is 7.09. The molecule has 3 heteroatoms. The molecule has 0 amide bonds. The first-order valence-electron chi connectivity index (χ1n) is 7.85. The fraction of sp³-hybridized carbons (Fsp3) is 0.647. The SMILES string of the molecule is CCCN1CCC(NCc2cc(C)c(O)c(C)c2)CC1. The zero-order valence-corrected chi connectivity index (χ0v) is 13.1. The van der Waals surface area contributed by atoms with Crippen LogP contribution in [0, 0.1) is 13.8 Å². The van der Waals surface area contributed by atoms with E-state index in [4.69, 9.17) is 0 Å². The van der Waals surface area contributed by atoms with Gasteiger partial charge in [-0.1, -0.05) is 19.1 Å². The molecule has 0 spiro atoms. The Bertz CT molecular complexity index is 414. The summed E-state index contributed by atoms with van der Waals surface area (Å²) in [6.45, 7) is 10.8. The number of aromatic hydroxyl groups is 1. The maximum atomic E-state index is 9.80. The lowest BCUT2D eigenvalue weighted by Crippen LogP contribution is -2.42. The van der Waals surface area contributed by atoms with Gasteiger partial charge in [0.1, 0.15) is 5.75 Å². The number of likely N-dealkylation sites (tertiary alicyclic amines) is 1. The predicted molar refractivity (Wildman–Crippen MR) is 84.2 cm³/mol. The van der Waals surface area contributed by atoms with Gasteiger partial charge < -0.3 is 15.3 Å². The monoisotopic (exact) mass is 276 g/mol. The molecule has 0 unspecified atom stereocenters. The number of nitrogens with one attached hydrogen (secondary N) is 1. The molecule has 0 bridgehead atoms. The predicted octanol–water partition coefficient (Wildman–Crippen LogP) is 2.97. The topological polar surface area (TPSA) is 35.5 Å². The number of hydrogen-bond donors (Lipinski definition) is 2. The molecule has 1 aliphatic heterocycles. The summed E-state index contributed by atoms with van der Waals surface area (Å²) in [4.78, 5) is 2.56. The number of aryl methyl sites for hydroxylation is 2. The standard InChI is InChI=1S/C17H28N2O/c1-4-7-19-8-5-16(6-9-19)18-12-15-10-13(2)17(20)14(3)11-15/h10-11,16,18,20H,4-9,12H2,1-3H3. The summed E-state index contributed by atoms with van der Waals surface area (Å²) >= 11 is 0. The number of hydrogen-bond acceptors (Lipinski definition) is 3. The molecule has 1 heterocycles. The van der Waals surface area contributed by atoms with Crippen molar-refractivity contribution < 1.29 is 5.11 Å². The molecule has 1 saturated heterocycles. The van der Waals surface area contributed by atoms with Gasteiger partial charge in [-0.2, -0.15) is 0 Å². The lowest BCUT2D eigenvalue weighted by atomic mass is 10.0. The molecular weight excluding hydrogens is 248 g/mol. The first-order chi connectivity index (χ1) is 9.60. The quantitative estimate of drug-likeness (QED) is 0.868. The van der Waals surface area contributed by atoms with Gasteiger partial charge >= 0.3 is 0 Å². The third-order valence-corrected chi connectivity index (χ3v) is 4.27. The molecular formula is C17H28N2O. The fourth-order valence-electron chi connectivity index (χ4n) is 3.09. The Balaban J connectivity index is 1.82. The second-order valence-electron chi connectivity index (χ2n) is 6.08. The van der Waals surface area contributed by atoms with Crippen LogP contribution in [0.15, 0.2) is 12.1 Å². The summed E-state index contributed by atoms with van der Waals surface area (Å²) in [5, 5.41) is 13.5. The van der Waals surface area contributed by atoms with Crippen LogP contribution in [0.2, 0.25) is 0 Å². The molecule has 1 aromatic carbocycles. The maximum absolute atomic E-state index is 9.80. The molecule has 1 aliphatic rings. The number of phenols is 1. The van der Waals surface area contributed by atoms with Crippen LogP contribution in [0.3, 0.4) is 0 Å². The maximum Gasteiger partial charge on any atom is 0.121 e. The molecule has 1 aromatic rings. The van der Waals surface area contributed by atoms with Crippen LogP contribution in [0.25, 0.3) is 0 Å². The summed E-state index contributed by atoms with van der Waals surface area (Å²) < 4.78 is 0. The molecule has 0 aromatic heterocycles. The van der Waals surface area contributed by atoms with Crippen molar-refractivity contribution in [2.75, 3.05) is 19.6 Å². The number of piperidine rings is 1. The minimum atomic E-state index is 0.432. The van der Waals surface area contributed by atoms with Gasteiger partial charge in [-0.3, -0.25) is 0 Å². The average Bonchev–Trinajstić information content (AvgIpc) is 2.44. The van der Waals surface area contributed by atoms with Gasteiger partial charge in [0, 0.05) is 12.6 Å². The van der Waals surface area contributed by atoms with E-state index in [2.05, 4.69) is 29.3 Å². The van der Waals surface area contributed by atoms with Crippen LogP contribution < -0.4 is 5.32 Å². The van der Waals surface area contributed by atoms with E-state index in [0.29, 0.717) is 11.8 Å². The van der Waals surface area contributed by atoms with Crippen molar-refractivity contribution in [2.45, 2.75) is 52.6 Å². The van der Waals surface area contributed by atoms with Gasteiger partial charge in [0.15, 0.2) is 0 Å². The van der Waals surface area contributed by atoms with Crippen LogP contribution >= 0.6 is 0 Å². The average molecular weight is 276 g/mol. The van der Waals surface area contributed by atoms with E-state index < -0.39 is 0 Å². The summed E-state index contributed by atoms with van der Waals surface area (Å²) in [5.74, 6) is 0.432. The molecule has 1 fully saturated rings. The summed E-state index contributed by atoms with van der Waals surface area (Å²) in [7, 11) is 0. The van der Waals surface area contributed by atoms with Crippen molar-refractivity contribution in [3.05, 3.63) is 28.8 Å². The smallest absolute Gasteiger partial charge is 0.121 e. The molecule has 112 valence electrons. The Morgan fingerprint density at radius 2 is 1.80 bits per heavy atom. The van der Waals surface area contributed by atoms with Gasteiger partial charge in [-0.25, -0.2) is 0 Å². The van der Waals surface area contributed by atoms with Gasteiger partial charge in [0.2, 0.25) is 0 Å². The highest BCUT2D eigenvalue weighted by Gasteiger charge is 2.17. The van der Waals surface area contributed by atoms with E-state index in [1.165, 1.54) is 44.5 Å². The lowest BCUT2D eigenvalue weighted by Gasteiger charge is -2.32. The molecule has 0 saturated carbocycles. The third-order valence-electron chi connectivity index (χ3n) is 4.27. The van der Waals surface area contributed by atoms with Crippen LogP contribution in [-0.2, 0) is 6.54 Å². The van der Waals surface area contributed by atoms with Crippen molar-refractivity contribution >= 4 is 0 Å². The van der Waals surface area contributed by atoms with Crippen LogP contribution in [0.4, 0.5) is 0 Å². The van der Waals surface area contributed by atoms with Crippen molar-refractivity contribution in [3.63, 3.8) is 0 Å². The van der Waals surface area contributed by atoms with Crippen molar-refractivity contribution in [1.29, 1.82) is 0 Å². The molecule has 0 aliphatic carbocycles. The summed E-state index contributed by atoms with van der Waals surface area (Å²) in [6.07, 6.45) is 3.75. The van der Waals surface area contributed by atoms with Gasteiger partial charge in [-0.05, 0) is 69.4 Å². The first kappa shape index (κ1) is 15.3. The Kier molecular flexibility index (Phi) is 5.44. The Morgan fingerprint density at radius 3 is 2.35 bits per heavy atom. The number of nitrogens with zero attached hydrogens (tertiary/aromatic N) is 1. The van der Waals surface area contributed by atoms with E-state index in [0.717, 1.165) is 17.7 Å². The molecule has 0 radical (unpaired) electrons. The van der Waals surface area contributed by atoms with Crippen molar-refractivity contribution in [3.8, 4) is 5.75 Å². The van der Waals surface area contributed by atoms with Crippen molar-refractivity contribution in [1.82, 2.24) is 10.2 Å². The molecule has 3 nitrogen and oxygen atoms in total. The number of rotatable bonds is 5. The number of benzene rings is 1. The fourth-order valence-corrected chi connectivity index (χ4v) is 3.09. The number of phenolic OH excluding ortho intramolecular Hbond substituents is 1. The highest BCUT2D eigenvalue weighted by atomic mass is 16.3. The zero-order valence-electron chi connectivity index (χ0n) is 13.1. The molecule has 2 N–H and O–H groups in total. The highest BCUT2D eigenvalue weighted by Crippen LogP contribution is 2.23. The van der Waals surface area contributed by atoms with Crippen LogP contribution in [-0.4, -0.2) is 35.7 Å². The van der Waals surface area contributed by atoms with E-state index >= 15 is 0 Å². The summed E-state index contributed by atoms with van der Waals surface area (Å²) in [6, 6.07) is 4.81. The molecule has 2 rings (SSSR count). The summed E-state index contributed by atoms with van der Waals surface area (Å²) in [5.41, 5.74) is 3.22. The van der Waals surface area contributed by atoms with E-state index in [1.54, 1.807) is 0 Å². The largest absolute Gasteiger partial charge is 0.507 e. The van der Waals surface area contributed by atoms with Gasteiger partial charge in [0.05, 0.1) is 0 Å². The minimum absolute atomic E-state index is 0.432. The van der Waals surface area contributed by atoms with Crippen molar-refractivity contribution in [2.24, 2.45) is 0 Å². The zero-order chi connectivity index (χ0) is 14.5. The lowest BCUT2D eigenvalue weighted by molar-refractivity contribution is 0.197. The second-order valence-corrected chi connectivity index (χ2v) is 6.08. The van der Waals surface area contributed by atoms with E-state index in [-0.39, 0.29) is 0 Å². The Morgan fingerprint density at radius 1 is 1.20 bits per heavy atom. The Hall–Kier alpha value is -1.06. The Labute approximate surface area is 123 Å². The first-order valence-corrected chi connectivity index (χ1v) is 7.85. The van der Waals surface area contributed by atoms with Crippen LogP contribution in [0.5, 0.6) is 5.75 Å². The highest BCUT2D eigenvalue weighted by molar-refractivity contribution is 5.42. The minimum Gasteiger partial charge on any atom is -0.507 e. The van der Waals surface area contributed by atoms with Crippen LogP contribution in [0.1, 0.15) is 42.9 Å². The third kappa shape index (κ3) is 3.97. The van der Waals surface area contributed by atoms with Gasteiger partial charge in [-0.15, -0.1) is 0 Å². The normalized spacial score (nSPS) is 17.6. The molecule has 0 atom stereocenters. The van der Waals surface area contributed by atoms with E-state index in [9.17, 15) is 5.11 Å². The van der Waals surface area contributed by atoms with Gasteiger partial charge in [0.25, 0.3) is 0 Å².